The SMILES string of the molecule is Cc1ccc(C#CCO)cc1C(=O)N(C)CC1CC(O)C1. The van der Waals surface area contributed by atoms with Crippen LogP contribution in [0.3, 0.4) is 0 Å². The van der Waals surface area contributed by atoms with E-state index in [9.17, 15) is 9.90 Å². The van der Waals surface area contributed by atoms with Crippen LogP contribution in [-0.2, 0) is 0 Å². The molecule has 1 amide bonds. The van der Waals surface area contributed by atoms with Crippen LogP contribution in [0.2, 0.25) is 0 Å². The third-order valence-corrected chi connectivity index (χ3v) is 3.87. The molecule has 2 N–H and O–H groups in total. The third-order valence-electron chi connectivity index (χ3n) is 3.87. The molecule has 1 saturated carbocycles. The molecule has 2 rings (SSSR count). The van der Waals surface area contributed by atoms with Crippen molar-refractivity contribution in [1.29, 1.82) is 0 Å². The van der Waals surface area contributed by atoms with Crippen LogP contribution in [0.5, 0.6) is 0 Å². The molecule has 1 fully saturated rings. The molecule has 1 aromatic carbocycles. The summed E-state index contributed by atoms with van der Waals surface area (Å²) in [4.78, 5) is 14.2. The normalized spacial score (nSPS) is 20.2. The van der Waals surface area contributed by atoms with E-state index < -0.39 is 0 Å². The predicted molar refractivity (Wildman–Crippen MR) is 80.8 cm³/mol. The highest BCUT2D eigenvalue weighted by Gasteiger charge is 2.29. The first-order valence-electron chi connectivity index (χ1n) is 7.15. The fraction of sp³-hybridized carbons (Fsp3) is 0.471. The monoisotopic (exact) mass is 287 g/mol. The first-order valence-corrected chi connectivity index (χ1v) is 7.15. The molecule has 0 aromatic heterocycles. The number of carbonyl (C=O) groups excluding carboxylic acids is 1. The van der Waals surface area contributed by atoms with Crippen LogP contribution < -0.4 is 0 Å². The molecule has 0 heterocycles. The zero-order chi connectivity index (χ0) is 15.4. The number of amides is 1. The van der Waals surface area contributed by atoms with E-state index in [1.807, 2.05) is 19.1 Å². The minimum Gasteiger partial charge on any atom is -0.393 e. The molecule has 112 valence electrons. The van der Waals surface area contributed by atoms with Crippen molar-refractivity contribution >= 4 is 5.91 Å². The van der Waals surface area contributed by atoms with Crippen LogP contribution in [0.1, 0.15) is 34.3 Å². The van der Waals surface area contributed by atoms with Gasteiger partial charge in [-0.05, 0) is 43.4 Å². The van der Waals surface area contributed by atoms with Crippen LogP contribution in [0.15, 0.2) is 18.2 Å². The van der Waals surface area contributed by atoms with E-state index >= 15 is 0 Å². The second kappa shape index (κ2) is 6.75. The van der Waals surface area contributed by atoms with Crippen molar-refractivity contribution in [3.8, 4) is 11.8 Å². The fourth-order valence-electron chi connectivity index (χ4n) is 2.60. The van der Waals surface area contributed by atoms with Crippen LogP contribution in [0, 0.1) is 24.7 Å². The molecule has 1 aliphatic rings. The van der Waals surface area contributed by atoms with Gasteiger partial charge in [-0.3, -0.25) is 4.79 Å². The van der Waals surface area contributed by atoms with Gasteiger partial charge < -0.3 is 15.1 Å². The van der Waals surface area contributed by atoms with Crippen LogP contribution in [0.4, 0.5) is 0 Å². The number of hydrogen-bond acceptors (Lipinski definition) is 3. The highest BCUT2D eigenvalue weighted by atomic mass is 16.3. The summed E-state index contributed by atoms with van der Waals surface area (Å²) in [5.74, 6) is 5.78. The van der Waals surface area contributed by atoms with Gasteiger partial charge in [-0.25, -0.2) is 0 Å². The minimum absolute atomic E-state index is 0.0264. The van der Waals surface area contributed by atoms with E-state index in [-0.39, 0.29) is 18.6 Å². The minimum atomic E-state index is -0.197. The van der Waals surface area contributed by atoms with Gasteiger partial charge in [-0.15, -0.1) is 0 Å². The third kappa shape index (κ3) is 3.84. The molecule has 1 aromatic rings. The maximum atomic E-state index is 12.5. The molecule has 0 aliphatic heterocycles. The predicted octanol–water partition coefficient (Wildman–Crippen LogP) is 1.18. The molecule has 4 nitrogen and oxygen atoms in total. The number of carbonyl (C=O) groups is 1. The van der Waals surface area contributed by atoms with Gasteiger partial charge in [0.2, 0.25) is 0 Å². The first kappa shape index (κ1) is 15.6. The lowest BCUT2D eigenvalue weighted by Gasteiger charge is -2.34. The van der Waals surface area contributed by atoms with E-state index in [0.717, 1.165) is 24.0 Å². The molecule has 0 bridgehead atoms. The summed E-state index contributed by atoms with van der Waals surface area (Å²) < 4.78 is 0. The van der Waals surface area contributed by atoms with Gasteiger partial charge in [-0.2, -0.15) is 0 Å². The number of hydrogen-bond donors (Lipinski definition) is 2. The number of rotatable bonds is 3. The molecular weight excluding hydrogens is 266 g/mol. The van der Waals surface area contributed by atoms with Gasteiger partial charge in [0.25, 0.3) is 5.91 Å². The molecule has 0 unspecified atom stereocenters. The summed E-state index contributed by atoms with van der Waals surface area (Å²) in [5, 5.41) is 18.0. The number of aryl methyl sites for hydroxylation is 1. The highest BCUT2D eigenvalue weighted by Crippen LogP contribution is 2.28. The van der Waals surface area contributed by atoms with Crippen molar-refractivity contribution in [1.82, 2.24) is 4.90 Å². The van der Waals surface area contributed by atoms with Crippen LogP contribution in [0.25, 0.3) is 0 Å². The summed E-state index contributed by atoms with van der Waals surface area (Å²) in [6.45, 7) is 2.38. The van der Waals surface area contributed by atoms with Crippen molar-refractivity contribution in [2.45, 2.75) is 25.9 Å². The first-order chi connectivity index (χ1) is 10.0. The summed E-state index contributed by atoms with van der Waals surface area (Å²) in [5.41, 5.74) is 2.28. The standard InChI is InChI=1S/C17H21NO3/c1-12-5-6-13(4-3-7-19)10-16(12)17(21)18(2)11-14-8-15(20)9-14/h5-6,10,14-15,19-20H,7-9,11H2,1-2H3. The van der Waals surface area contributed by atoms with Gasteiger partial charge in [0.05, 0.1) is 6.10 Å². The Morgan fingerprint density at radius 2 is 2.14 bits per heavy atom. The number of aliphatic hydroxyl groups is 2. The Labute approximate surface area is 125 Å². The molecule has 0 saturated heterocycles. The molecular formula is C17H21NO3. The molecule has 21 heavy (non-hydrogen) atoms. The molecule has 0 atom stereocenters. The van der Waals surface area contributed by atoms with E-state index in [4.69, 9.17) is 5.11 Å². The van der Waals surface area contributed by atoms with Crippen molar-refractivity contribution in [3.63, 3.8) is 0 Å². The smallest absolute Gasteiger partial charge is 0.253 e. The van der Waals surface area contributed by atoms with Crippen molar-refractivity contribution in [2.24, 2.45) is 5.92 Å². The van der Waals surface area contributed by atoms with Gasteiger partial charge in [0.15, 0.2) is 0 Å². The van der Waals surface area contributed by atoms with E-state index in [1.54, 1.807) is 18.0 Å². The second-order valence-corrected chi connectivity index (χ2v) is 5.67. The molecule has 0 radical (unpaired) electrons. The fourth-order valence-corrected chi connectivity index (χ4v) is 2.60. The van der Waals surface area contributed by atoms with Gasteiger partial charge >= 0.3 is 0 Å². The Morgan fingerprint density at radius 1 is 1.43 bits per heavy atom. The largest absolute Gasteiger partial charge is 0.393 e. The Hall–Kier alpha value is -1.83. The van der Waals surface area contributed by atoms with Gasteiger partial charge in [0, 0.05) is 24.7 Å². The molecule has 1 aliphatic carbocycles. The van der Waals surface area contributed by atoms with Gasteiger partial charge in [-0.1, -0.05) is 17.9 Å². The van der Waals surface area contributed by atoms with Crippen LogP contribution >= 0.6 is 0 Å². The average molecular weight is 287 g/mol. The molecule has 4 heteroatoms. The Morgan fingerprint density at radius 3 is 2.76 bits per heavy atom. The lowest BCUT2D eigenvalue weighted by Crippen LogP contribution is -2.39. The topological polar surface area (TPSA) is 60.8 Å². The maximum Gasteiger partial charge on any atom is 0.253 e. The van der Waals surface area contributed by atoms with E-state index in [0.29, 0.717) is 18.0 Å². The zero-order valence-electron chi connectivity index (χ0n) is 12.5. The van der Waals surface area contributed by atoms with Gasteiger partial charge in [0.1, 0.15) is 6.61 Å². The number of aliphatic hydroxyl groups excluding tert-OH is 2. The quantitative estimate of drug-likeness (QED) is 0.821. The Bertz CT molecular complexity index is 579. The maximum absolute atomic E-state index is 12.5. The van der Waals surface area contributed by atoms with Crippen molar-refractivity contribution < 1.29 is 15.0 Å². The lowest BCUT2D eigenvalue weighted by atomic mass is 9.82. The van der Waals surface area contributed by atoms with Crippen molar-refractivity contribution in [2.75, 3.05) is 20.2 Å². The summed E-state index contributed by atoms with van der Waals surface area (Å²) >= 11 is 0. The summed E-state index contributed by atoms with van der Waals surface area (Å²) in [7, 11) is 1.79. The highest BCUT2D eigenvalue weighted by molar-refractivity contribution is 5.95. The van der Waals surface area contributed by atoms with E-state index in [1.165, 1.54) is 0 Å². The summed E-state index contributed by atoms with van der Waals surface area (Å²) in [6, 6.07) is 5.49. The number of benzene rings is 1. The average Bonchev–Trinajstić information content (AvgIpc) is 2.44. The Kier molecular flexibility index (Phi) is 5.00. The van der Waals surface area contributed by atoms with E-state index in [2.05, 4.69) is 11.8 Å². The second-order valence-electron chi connectivity index (χ2n) is 5.67. The number of nitrogens with zero attached hydrogens (tertiary/aromatic N) is 1. The van der Waals surface area contributed by atoms with Crippen molar-refractivity contribution in [3.05, 3.63) is 34.9 Å². The zero-order valence-corrected chi connectivity index (χ0v) is 12.5. The Balaban J connectivity index is 2.10. The lowest BCUT2D eigenvalue weighted by molar-refractivity contribution is 0.0265. The summed E-state index contributed by atoms with van der Waals surface area (Å²) in [6.07, 6.45) is 1.36. The van der Waals surface area contributed by atoms with Crippen LogP contribution in [-0.4, -0.2) is 47.3 Å². The molecule has 0 spiro atoms.